The number of nitrogens with zero attached hydrogens (tertiary/aromatic N) is 4. The van der Waals surface area contributed by atoms with Gasteiger partial charge in [0.2, 0.25) is 0 Å². The second-order valence-corrected chi connectivity index (χ2v) is 7.03. The number of fused-ring (bicyclic) bond motifs is 1. The number of anilines is 1. The van der Waals surface area contributed by atoms with E-state index in [-0.39, 0.29) is 24.3 Å². The molecule has 0 saturated heterocycles. The van der Waals surface area contributed by atoms with Crippen molar-refractivity contribution in [2.24, 2.45) is 0 Å². The maximum absolute atomic E-state index is 12.3. The number of aromatic nitrogens is 2. The fraction of sp³-hybridized carbons (Fsp3) is 0.130. The molecule has 2 heterocycles. The van der Waals surface area contributed by atoms with Crippen LogP contribution in [0.15, 0.2) is 60.8 Å². The molecule has 3 amide bonds. The maximum Gasteiger partial charge on any atom is 0.308 e. The summed E-state index contributed by atoms with van der Waals surface area (Å²) in [5, 5.41) is 15.9. The van der Waals surface area contributed by atoms with E-state index < -0.39 is 30.3 Å². The van der Waals surface area contributed by atoms with Gasteiger partial charge in [-0.15, -0.1) is 0 Å². The second kappa shape index (κ2) is 9.15. The standard InChI is InChI=1S/C23H17N5O5/c24-12-15-13-25-28(16-6-2-1-3-7-16)21(15)26-19(29)14-33-20(30)10-11-27-22(31)17-8-4-5-9-18(17)23(27)32/h1-9,13H,10-11,14H2,(H,26,29). The van der Waals surface area contributed by atoms with Crippen molar-refractivity contribution in [3.63, 3.8) is 0 Å². The first-order chi connectivity index (χ1) is 16.0. The van der Waals surface area contributed by atoms with Gasteiger partial charge in [0.05, 0.1) is 29.4 Å². The molecule has 33 heavy (non-hydrogen) atoms. The molecule has 1 aliphatic heterocycles. The number of carbonyl (C=O) groups excluding carboxylic acids is 4. The predicted octanol–water partition coefficient (Wildman–Crippen LogP) is 1.91. The molecule has 0 fully saturated rings. The Morgan fingerprint density at radius 3 is 2.27 bits per heavy atom. The van der Waals surface area contributed by atoms with Crippen molar-refractivity contribution in [3.05, 3.63) is 77.5 Å². The molecule has 0 atom stereocenters. The van der Waals surface area contributed by atoms with Crippen molar-refractivity contribution in [2.45, 2.75) is 6.42 Å². The second-order valence-electron chi connectivity index (χ2n) is 7.03. The Labute approximate surface area is 188 Å². The van der Waals surface area contributed by atoms with Crippen LogP contribution in [-0.4, -0.2) is 51.5 Å². The molecule has 10 heteroatoms. The molecule has 3 aromatic rings. The fourth-order valence-electron chi connectivity index (χ4n) is 3.35. The summed E-state index contributed by atoms with van der Waals surface area (Å²) in [6.45, 7) is -0.766. The van der Waals surface area contributed by atoms with Crippen molar-refractivity contribution in [1.82, 2.24) is 14.7 Å². The number of amides is 3. The average Bonchev–Trinajstić information content (AvgIpc) is 3.35. The molecule has 1 N–H and O–H groups in total. The lowest BCUT2D eigenvalue weighted by Crippen LogP contribution is -2.32. The molecule has 10 nitrogen and oxygen atoms in total. The molecular formula is C23H17N5O5. The first-order valence-electron chi connectivity index (χ1n) is 9.94. The molecule has 2 aromatic carbocycles. The monoisotopic (exact) mass is 443 g/mol. The van der Waals surface area contributed by atoms with Gasteiger partial charge in [0, 0.05) is 6.54 Å². The van der Waals surface area contributed by atoms with E-state index in [9.17, 15) is 24.4 Å². The number of esters is 1. The molecule has 0 saturated carbocycles. The van der Waals surface area contributed by atoms with Gasteiger partial charge in [-0.2, -0.15) is 10.4 Å². The highest BCUT2D eigenvalue weighted by Crippen LogP contribution is 2.22. The molecule has 0 aliphatic carbocycles. The van der Waals surface area contributed by atoms with Crippen molar-refractivity contribution >= 4 is 29.5 Å². The lowest BCUT2D eigenvalue weighted by molar-refractivity contribution is -0.147. The Kier molecular flexibility index (Phi) is 5.95. The van der Waals surface area contributed by atoms with E-state index in [0.29, 0.717) is 16.8 Å². The minimum Gasteiger partial charge on any atom is -0.456 e. The van der Waals surface area contributed by atoms with Crippen molar-refractivity contribution in [1.29, 1.82) is 5.26 Å². The molecular weight excluding hydrogens is 426 g/mol. The zero-order chi connectivity index (χ0) is 23.4. The summed E-state index contributed by atoms with van der Waals surface area (Å²) in [6, 6.07) is 17.2. The number of nitrogens with one attached hydrogen (secondary N) is 1. The van der Waals surface area contributed by atoms with E-state index in [4.69, 9.17) is 4.74 Å². The number of ether oxygens (including phenoxy) is 1. The largest absolute Gasteiger partial charge is 0.456 e. The van der Waals surface area contributed by atoms with Gasteiger partial charge in [-0.1, -0.05) is 30.3 Å². The topological polar surface area (TPSA) is 134 Å². The van der Waals surface area contributed by atoms with Crippen LogP contribution in [0.1, 0.15) is 32.7 Å². The summed E-state index contributed by atoms with van der Waals surface area (Å²) in [4.78, 5) is 50.0. The third kappa shape index (κ3) is 4.33. The minimum atomic E-state index is -0.751. The molecule has 0 radical (unpaired) electrons. The first-order valence-corrected chi connectivity index (χ1v) is 9.94. The zero-order valence-electron chi connectivity index (χ0n) is 17.2. The Bertz CT molecular complexity index is 1260. The number of carbonyl (C=O) groups is 4. The van der Waals surface area contributed by atoms with Crippen LogP contribution in [0, 0.1) is 11.3 Å². The van der Waals surface area contributed by atoms with E-state index in [2.05, 4.69) is 10.4 Å². The van der Waals surface area contributed by atoms with Gasteiger partial charge in [0.25, 0.3) is 17.7 Å². The van der Waals surface area contributed by atoms with Crippen LogP contribution < -0.4 is 5.32 Å². The lowest BCUT2D eigenvalue weighted by atomic mass is 10.1. The van der Waals surface area contributed by atoms with Crippen LogP contribution in [-0.2, 0) is 14.3 Å². The highest BCUT2D eigenvalue weighted by Gasteiger charge is 2.35. The van der Waals surface area contributed by atoms with Gasteiger partial charge in [-0.3, -0.25) is 24.1 Å². The third-order valence-corrected chi connectivity index (χ3v) is 4.93. The smallest absolute Gasteiger partial charge is 0.308 e. The summed E-state index contributed by atoms with van der Waals surface area (Å²) in [7, 11) is 0. The van der Waals surface area contributed by atoms with Gasteiger partial charge in [0.1, 0.15) is 11.6 Å². The summed E-state index contributed by atoms with van der Waals surface area (Å²) >= 11 is 0. The number of rotatable bonds is 7. The Hall–Kier alpha value is -4.78. The fourth-order valence-corrected chi connectivity index (χ4v) is 3.35. The predicted molar refractivity (Wildman–Crippen MR) is 114 cm³/mol. The Morgan fingerprint density at radius 1 is 1.00 bits per heavy atom. The van der Waals surface area contributed by atoms with Crippen LogP contribution in [0.2, 0.25) is 0 Å². The summed E-state index contributed by atoms with van der Waals surface area (Å²) in [6.07, 6.45) is 1.06. The molecule has 164 valence electrons. The molecule has 4 rings (SSSR count). The van der Waals surface area contributed by atoms with Crippen LogP contribution in [0.4, 0.5) is 5.82 Å². The van der Waals surface area contributed by atoms with Crippen LogP contribution >= 0.6 is 0 Å². The maximum atomic E-state index is 12.3. The van der Waals surface area contributed by atoms with Gasteiger partial charge >= 0.3 is 5.97 Å². The quantitative estimate of drug-likeness (QED) is 0.435. The van der Waals surface area contributed by atoms with E-state index in [1.807, 2.05) is 12.1 Å². The number of para-hydroxylation sites is 1. The van der Waals surface area contributed by atoms with Crippen molar-refractivity contribution in [3.8, 4) is 11.8 Å². The molecule has 1 aliphatic rings. The molecule has 0 bridgehead atoms. The van der Waals surface area contributed by atoms with Crippen LogP contribution in [0.25, 0.3) is 5.69 Å². The summed E-state index contributed by atoms with van der Waals surface area (Å²) in [5.41, 5.74) is 1.36. The molecule has 1 aromatic heterocycles. The Balaban J connectivity index is 1.32. The first kappa shape index (κ1) is 21.5. The minimum absolute atomic E-state index is 0.143. The summed E-state index contributed by atoms with van der Waals surface area (Å²) in [5.74, 6) is -2.22. The van der Waals surface area contributed by atoms with Gasteiger partial charge in [-0.05, 0) is 24.3 Å². The number of benzene rings is 2. The third-order valence-electron chi connectivity index (χ3n) is 4.93. The molecule has 0 unspecified atom stereocenters. The van der Waals surface area contributed by atoms with E-state index >= 15 is 0 Å². The van der Waals surface area contributed by atoms with Crippen LogP contribution in [0.3, 0.4) is 0 Å². The van der Waals surface area contributed by atoms with E-state index in [1.165, 1.54) is 10.9 Å². The van der Waals surface area contributed by atoms with Crippen molar-refractivity contribution in [2.75, 3.05) is 18.5 Å². The van der Waals surface area contributed by atoms with Crippen LogP contribution in [0.5, 0.6) is 0 Å². The Morgan fingerprint density at radius 2 is 1.64 bits per heavy atom. The summed E-state index contributed by atoms with van der Waals surface area (Å²) < 4.78 is 6.36. The molecule has 0 spiro atoms. The highest BCUT2D eigenvalue weighted by molar-refractivity contribution is 6.21. The average molecular weight is 443 g/mol. The number of nitriles is 1. The van der Waals surface area contributed by atoms with Gasteiger partial charge in [0.15, 0.2) is 12.4 Å². The van der Waals surface area contributed by atoms with Gasteiger partial charge < -0.3 is 10.1 Å². The normalized spacial score (nSPS) is 12.3. The lowest BCUT2D eigenvalue weighted by Gasteiger charge is -2.13. The van der Waals surface area contributed by atoms with E-state index in [1.54, 1.807) is 48.5 Å². The van der Waals surface area contributed by atoms with E-state index in [0.717, 1.165) is 4.90 Å². The zero-order valence-corrected chi connectivity index (χ0v) is 17.2. The number of hydrogen-bond acceptors (Lipinski definition) is 7. The van der Waals surface area contributed by atoms with Gasteiger partial charge in [-0.25, -0.2) is 4.68 Å². The number of imide groups is 1. The SMILES string of the molecule is N#Cc1cnn(-c2ccccc2)c1NC(=O)COC(=O)CCN1C(=O)c2ccccc2C1=O. The number of hydrogen-bond donors (Lipinski definition) is 1. The van der Waals surface area contributed by atoms with Crippen molar-refractivity contribution < 1.29 is 23.9 Å². The highest BCUT2D eigenvalue weighted by atomic mass is 16.5.